The van der Waals surface area contributed by atoms with Crippen LogP contribution in [-0.4, -0.2) is 22.1 Å². The van der Waals surface area contributed by atoms with Crippen LogP contribution in [-0.2, 0) is 13.0 Å². The van der Waals surface area contributed by atoms with Crippen LogP contribution in [0.5, 0.6) is 0 Å². The molecular formula is C20H15ClF3N3O2. The van der Waals surface area contributed by atoms with Gasteiger partial charge in [-0.3, -0.25) is 0 Å². The molecule has 3 aromatic rings. The molecule has 9 heteroatoms. The van der Waals surface area contributed by atoms with Crippen LogP contribution >= 0.6 is 11.6 Å². The van der Waals surface area contributed by atoms with Gasteiger partial charge in [0.2, 0.25) is 0 Å². The molecule has 0 radical (unpaired) electrons. The van der Waals surface area contributed by atoms with Crippen LogP contribution < -0.4 is 5.32 Å². The normalized spacial score (nSPS) is 15.9. The number of aromatic nitrogens is 1. The van der Waals surface area contributed by atoms with E-state index in [1.807, 2.05) is 13.0 Å². The minimum Gasteiger partial charge on any atom is -0.356 e. The van der Waals surface area contributed by atoms with E-state index in [4.69, 9.17) is 16.1 Å². The first kappa shape index (κ1) is 19.3. The van der Waals surface area contributed by atoms with Crippen LogP contribution in [0.2, 0.25) is 5.02 Å². The Labute approximate surface area is 169 Å². The maximum atomic E-state index is 13.4. The quantitative estimate of drug-likeness (QED) is 0.564. The molecule has 2 heterocycles. The molecule has 0 saturated carbocycles. The van der Waals surface area contributed by atoms with Crippen molar-refractivity contribution < 1.29 is 22.5 Å². The molecule has 0 saturated heterocycles. The molecule has 0 fully saturated rings. The van der Waals surface area contributed by atoms with Crippen molar-refractivity contribution in [1.82, 2.24) is 10.1 Å². The largest absolute Gasteiger partial charge is 0.356 e. The lowest BCUT2D eigenvalue weighted by Gasteiger charge is -2.32. The zero-order valence-corrected chi connectivity index (χ0v) is 15.9. The molecule has 1 aliphatic heterocycles. The Bertz CT molecular complexity index is 1080. The van der Waals surface area contributed by atoms with Crippen molar-refractivity contribution >= 4 is 23.3 Å². The van der Waals surface area contributed by atoms with Crippen LogP contribution in [0.1, 0.15) is 18.2 Å². The summed E-state index contributed by atoms with van der Waals surface area (Å²) in [5, 5.41) is 6.99. The predicted octanol–water partition coefficient (Wildman–Crippen LogP) is 5.39. The number of rotatable bonds is 2. The smallest absolute Gasteiger partial charge is 0.322 e. The molecule has 2 aromatic carbocycles. The Hall–Kier alpha value is -3.00. The van der Waals surface area contributed by atoms with E-state index in [0.29, 0.717) is 28.3 Å². The molecule has 1 unspecified atom stereocenters. The summed E-state index contributed by atoms with van der Waals surface area (Å²) in [6.45, 7) is 1.98. The van der Waals surface area contributed by atoms with Gasteiger partial charge in [-0.15, -0.1) is 0 Å². The number of benzene rings is 2. The maximum Gasteiger partial charge on any atom is 0.322 e. The summed E-state index contributed by atoms with van der Waals surface area (Å²) in [5.41, 5.74) is 1.90. The van der Waals surface area contributed by atoms with E-state index in [1.54, 1.807) is 18.2 Å². The number of carbonyl (C=O) groups is 1. The first-order valence-corrected chi connectivity index (χ1v) is 9.17. The number of carbonyl (C=O) groups excluding carboxylic acids is 1. The molecule has 0 bridgehead atoms. The molecule has 5 nitrogen and oxygen atoms in total. The molecule has 4 rings (SSSR count). The van der Waals surface area contributed by atoms with Crippen LogP contribution in [0.15, 0.2) is 40.9 Å². The average molecular weight is 422 g/mol. The lowest BCUT2D eigenvalue weighted by atomic mass is 9.97. The second-order valence-corrected chi connectivity index (χ2v) is 7.19. The third kappa shape index (κ3) is 3.55. The van der Waals surface area contributed by atoms with Crippen molar-refractivity contribution in [3.8, 4) is 11.3 Å². The molecule has 29 heavy (non-hydrogen) atoms. The summed E-state index contributed by atoms with van der Waals surface area (Å²) in [4.78, 5) is 14.2. The third-order valence-electron chi connectivity index (χ3n) is 4.83. The fraction of sp³-hybridized carbons (Fsp3) is 0.200. The SMILES string of the molecule is CC1Cc2noc(-c3ccccc3Cl)c2CN1C(=O)Nc1cc(F)c(F)c(F)c1. The highest BCUT2D eigenvalue weighted by Gasteiger charge is 2.32. The summed E-state index contributed by atoms with van der Waals surface area (Å²) in [7, 11) is 0. The number of hydrogen-bond donors (Lipinski definition) is 1. The van der Waals surface area contributed by atoms with E-state index in [1.165, 1.54) is 4.90 Å². The zero-order valence-electron chi connectivity index (χ0n) is 15.2. The van der Waals surface area contributed by atoms with Gasteiger partial charge in [0.1, 0.15) is 0 Å². The number of halogens is 4. The molecule has 1 atom stereocenters. The van der Waals surface area contributed by atoms with Crippen LogP contribution in [0.4, 0.5) is 23.7 Å². The van der Waals surface area contributed by atoms with Gasteiger partial charge in [-0.25, -0.2) is 18.0 Å². The van der Waals surface area contributed by atoms with Crippen LogP contribution in [0, 0.1) is 17.5 Å². The fourth-order valence-corrected chi connectivity index (χ4v) is 3.56. The summed E-state index contributed by atoms with van der Waals surface area (Å²) < 4.78 is 45.5. The maximum absolute atomic E-state index is 13.4. The minimum absolute atomic E-state index is 0.165. The zero-order chi connectivity index (χ0) is 20.7. The molecular weight excluding hydrogens is 407 g/mol. The van der Waals surface area contributed by atoms with Crippen molar-refractivity contribution in [3.05, 3.63) is 70.1 Å². The number of amides is 2. The van der Waals surface area contributed by atoms with Gasteiger partial charge in [-0.05, 0) is 19.1 Å². The van der Waals surface area contributed by atoms with Crippen molar-refractivity contribution in [3.63, 3.8) is 0 Å². The van der Waals surface area contributed by atoms with Crippen LogP contribution in [0.25, 0.3) is 11.3 Å². The van der Waals surface area contributed by atoms with Gasteiger partial charge in [0, 0.05) is 41.4 Å². The number of hydrogen-bond acceptors (Lipinski definition) is 3. The Morgan fingerprint density at radius 1 is 1.24 bits per heavy atom. The second-order valence-electron chi connectivity index (χ2n) is 6.78. The predicted molar refractivity (Wildman–Crippen MR) is 101 cm³/mol. The van der Waals surface area contributed by atoms with Crippen LogP contribution in [0.3, 0.4) is 0 Å². The van der Waals surface area contributed by atoms with Gasteiger partial charge in [-0.2, -0.15) is 0 Å². The standard InChI is InChI=1S/C20H15ClF3N3O2/c1-10-6-17-13(19(29-26-17)12-4-2-3-5-14(12)21)9-27(10)20(28)25-11-7-15(22)18(24)16(23)8-11/h2-5,7-8,10H,6,9H2,1H3,(H,25,28). The fourth-order valence-electron chi connectivity index (χ4n) is 3.33. The topological polar surface area (TPSA) is 58.4 Å². The van der Waals surface area contributed by atoms with Gasteiger partial charge in [0.05, 0.1) is 17.3 Å². The van der Waals surface area contributed by atoms with E-state index in [9.17, 15) is 18.0 Å². The van der Waals surface area contributed by atoms with Crippen molar-refractivity contribution in [2.45, 2.75) is 25.9 Å². The second kappa shape index (κ2) is 7.44. The lowest BCUT2D eigenvalue weighted by molar-refractivity contribution is 0.182. The number of nitrogens with zero attached hydrogens (tertiary/aromatic N) is 2. The molecule has 1 N–H and O–H groups in total. The Morgan fingerprint density at radius 3 is 2.62 bits per heavy atom. The number of fused-ring (bicyclic) bond motifs is 1. The molecule has 2 amide bonds. The minimum atomic E-state index is -1.59. The highest BCUT2D eigenvalue weighted by molar-refractivity contribution is 6.33. The molecule has 1 aliphatic rings. The van der Waals surface area contributed by atoms with Crippen molar-refractivity contribution in [2.75, 3.05) is 5.32 Å². The summed E-state index contributed by atoms with van der Waals surface area (Å²) in [5.74, 6) is -3.88. The van der Waals surface area contributed by atoms with Gasteiger partial charge in [0.15, 0.2) is 23.2 Å². The Kier molecular flexibility index (Phi) is 4.96. The number of urea groups is 1. The van der Waals surface area contributed by atoms with E-state index in [-0.39, 0.29) is 18.3 Å². The highest BCUT2D eigenvalue weighted by Crippen LogP contribution is 2.36. The first-order chi connectivity index (χ1) is 13.8. The first-order valence-electron chi connectivity index (χ1n) is 8.79. The number of anilines is 1. The van der Waals surface area contributed by atoms with Gasteiger partial charge in [-0.1, -0.05) is 28.9 Å². The summed E-state index contributed by atoms with van der Waals surface area (Å²) >= 11 is 6.25. The lowest BCUT2D eigenvalue weighted by Crippen LogP contribution is -2.44. The van der Waals surface area contributed by atoms with Gasteiger partial charge >= 0.3 is 6.03 Å². The van der Waals surface area contributed by atoms with E-state index >= 15 is 0 Å². The van der Waals surface area contributed by atoms with E-state index in [0.717, 1.165) is 17.8 Å². The van der Waals surface area contributed by atoms with Gasteiger partial charge < -0.3 is 14.7 Å². The van der Waals surface area contributed by atoms with Crippen molar-refractivity contribution in [2.24, 2.45) is 0 Å². The summed E-state index contributed by atoms with van der Waals surface area (Å²) in [6, 6.07) is 7.73. The van der Waals surface area contributed by atoms with Crippen molar-refractivity contribution in [1.29, 1.82) is 0 Å². The Morgan fingerprint density at radius 2 is 1.93 bits per heavy atom. The molecule has 0 aliphatic carbocycles. The van der Waals surface area contributed by atoms with Gasteiger partial charge in [0.25, 0.3) is 0 Å². The average Bonchev–Trinajstić information content (AvgIpc) is 3.08. The molecule has 150 valence electrons. The third-order valence-corrected chi connectivity index (χ3v) is 5.16. The Balaban J connectivity index is 1.61. The monoisotopic (exact) mass is 421 g/mol. The molecule has 0 spiro atoms. The number of nitrogens with one attached hydrogen (secondary N) is 1. The van der Waals surface area contributed by atoms with E-state index < -0.39 is 23.5 Å². The summed E-state index contributed by atoms with van der Waals surface area (Å²) in [6.07, 6.45) is 0.433. The molecule has 1 aromatic heterocycles. The van der Waals surface area contributed by atoms with E-state index in [2.05, 4.69) is 10.5 Å². The highest BCUT2D eigenvalue weighted by atomic mass is 35.5.